The molecule has 0 saturated carbocycles. The van der Waals surface area contributed by atoms with Crippen molar-refractivity contribution >= 4 is 11.6 Å². The van der Waals surface area contributed by atoms with Gasteiger partial charge >= 0.3 is 0 Å². The molecule has 0 fully saturated rings. The van der Waals surface area contributed by atoms with Gasteiger partial charge in [0.2, 0.25) is 11.6 Å². The van der Waals surface area contributed by atoms with Gasteiger partial charge in [-0.2, -0.15) is 0 Å². The van der Waals surface area contributed by atoms with E-state index in [-0.39, 0.29) is 0 Å². The molecule has 0 aromatic heterocycles. The summed E-state index contributed by atoms with van der Waals surface area (Å²) in [4.78, 5) is 27.5. The van der Waals surface area contributed by atoms with E-state index >= 15 is 0 Å². The van der Waals surface area contributed by atoms with Crippen LogP contribution in [0, 0.1) is 0 Å². The number of ketones is 2. The van der Waals surface area contributed by atoms with Crippen molar-refractivity contribution in [3.63, 3.8) is 0 Å². The molecule has 0 N–H and O–H groups in total. The third kappa shape index (κ3) is 17.6. The predicted octanol–water partition coefficient (Wildman–Crippen LogP) is 15.3. The highest BCUT2D eigenvalue weighted by atomic mass is 16.5. The predicted molar refractivity (Wildman–Crippen MR) is 234 cm³/mol. The number of hydrogen-bond donors (Lipinski definition) is 0. The fourth-order valence-corrected chi connectivity index (χ4v) is 7.60. The number of ether oxygens (including phenoxy) is 4. The Hall–Kier alpha value is -3.02. The summed E-state index contributed by atoms with van der Waals surface area (Å²) in [5.41, 5.74) is 2.13. The van der Waals surface area contributed by atoms with Gasteiger partial charge in [0.05, 0.1) is 26.4 Å². The maximum atomic E-state index is 13.8. The lowest BCUT2D eigenvalue weighted by atomic mass is 9.83. The van der Waals surface area contributed by atoms with E-state index in [2.05, 4.69) is 27.7 Å². The van der Waals surface area contributed by atoms with E-state index in [1.165, 1.54) is 128 Å². The maximum absolute atomic E-state index is 13.8. The zero-order chi connectivity index (χ0) is 40.1. The van der Waals surface area contributed by atoms with Crippen molar-refractivity contribution in [3.8, 4) is 34.1 Å². The molecule has 1 aliphatic rings. The first-order valence-electron chi connectivity index (χ1n) is 23.5. The molecule has 316 valence electrons. The van der Waals surface area contributed by atoms with Gasteiger partial charge in [0.25, 0.3) is 0 Å². The topological polar surface area (TPSA) is 71.1 Å². The van der Waals surface area contributed by atoms with Gasteiger partial charge in [-0.25, -0.2) is 0 Å². The Kier molecular flexibility index (Phi) is 25.5. The molecule has 0 bridgehead atoms. The molecule has 0 spiro atoms. The Morgan fingerprint density at radius 2 is 0.482 bits per heavy atom. The number of carbonyl (C=O) groups excluding carboxylic acids is 2. The molecular weight excluding hydrogens is 697 g/mol. The number of benzene rings is 2. The third-order valence-electron chi connectivity index (χ3n) is 11.2. The molecule has 6 heteroatoms. The quantitative estimate of drug-likeness (QED) is 0.0507. The summed E-state index contributed by atoms with van der Waals surface area (Å²) in [6.45, 7) is 11.2. The lowest BCUT2D eigenvalue weighted by Gasteiger charge is -2.23. The fraction of sp³-hybridized carbons (Fsp3) is 0.720. The smallest absolute Gasteiger partial charge is 0.234 e. The lowest BCUT2D eigenvalue weighted by molar-refractivity contribution is 0.0814. The van der Waals surface area contributed by atoms with Gasteiger partial charge in [-0.05, 0) is 61.1 Å². The van der Waals surface area contributed by atoms with Crippen LogP contribution in [0.5, 0.6) is 23.0 Å². The second kappa shape index (κ2) is 30.1. The molecule has 0 amide bonds. The van der Waals surface area contributed by atoms with Gasteiger partial charge < -0.3 is 18.9 Å². The average Bonchev–Trinajstić information content (AvgIpc) is 3.21. The van der Waals surface area contributed by atoms with E-state index in [1.54, 1.807) is 12.1 Å². The Morgan fingerprint density at radius 3 is 0.714 bits per heavy atom. The Morgan fingerprint density at radius 1 is 0.286 bits per heavy atom. The first-order valence-corrected chi connectivity index (χ1v) is 23.5. The molecular formula is C50H80O6. The van der Waals surface area contributed by atoms with Gasteiger partial charge in [-0.3, -0.25) is 9.59 Å². The highest BCUT2D eigenvalue weighted by molar-refractivity contribution is 6.53. The van der Waals surface area contributed by atoms with Crippen molar-refractivity contribution in [1.82, 2.24) is 0 Å². The Balaban J connectivity index is 1.82. The molecule has 0 heterocycles. The largest absolute Gasteiger partial charge is 0.490 e. The van der Waals surface area contributed by atoms with Crippen molar-refractivity contribution in [1.29, 1.82) is 0 Å². The van der Waals surface area contributed by atoms with Crippen LogP contribution in [0.25, 0.3) is 11.1 Å². The standard InChI is InChI=1S/C50H80O6/c1-5-9-13-17-21-23-27-31-34-54-46-38-42-41-37-45(53-33-29-25-19-15-11-7-3)47(55-35-30-26-20-16-12-8-4)39-43(41)49(51)50(52)44(42)40-48(46)56-36-32-28-24-22-18-14-10-6-2/h37-40H,5-36H2,1-4H3. The normalized spacial score (nSPS) is 12.1. The fourth-order valence-electron chi connectivity index (χ4n) is 7.60. The van der Waals surface area contributed by atoms with Gasteiger partial charge in [-0.1, -0.05) is 182 Å². The van der Waals surface area contributed by atoms with Crippen molar-refractivity contribution in [3.05, 3.63) is 35.4 Å². The average molecular weight is 777 g/mol. The number of rotatable bonds is 36. The molecule has 3 rings (SSSR count). The third-order valence-corrected chi connectivity index (χ3v) is 11.2. The van der Waals surface area contributed by atoms with Gasteiger partial charge in [0, 0.05) is 11.1 Å². The molecule has 1 aliphatic carbocycles. The second-order valence-electron chi connectivity index (χ2n) is 16.2. The van der Waals surface area contributed by atoms with Crippen molar-refractivity contribution in [2.45, 2.75) is 207 Å². The molecule has 0 radical (unpaired) electrons. The first kappa shape index (κ1) is 47.4. The van der Waals surface area contributed by atoms with Crippen molar-refractivity contribution < 1.29 is 28.5 Å². The summed E-state index contributed by atoms with van der Waals surface area (Å²) in [6, 6.07) is 7.36. The number of carbonyl (C=O) groups is 2. The SMILES string of the molecule is CCCCCCCCCCOc1cc2c(cc1OCCCCCCCCCC)-c1cc(OCCCCCCCC)c(OCCCCCCCC)cc1C(=O)C2=O. The van der Waals surface area contributed by atoms with Gasteiger partial charge in [-0.15, -0.1) is 0 Å². The number of Topliss-reactive ketones (excluding diaryl/α,β-unsaturated/α-hetero) is 2. The summed E-state index contributed by atoms with van der Waals surface area (Å²) in [7, 11) is 0. The molecule has 2 aromatic rings. The van der Waals surface area contributed by atoms with E-state index in [4.69, 9.17) is 18.9 Å². The van der Waals surface area contributed by atoms with Crippen molar-refractivity contribution in [2.24, 2.45) is 0 Å². The van der Waals surface area contributed by atoms with E-state index in [0.717, 1.165) is 51.4 Å². The van der Waals surface area contributed by atoms with E-state index in [0.29, 0.717) is 71.7 Å². The van der Waals surface area contributed by atoms with Crippen LogP contribution in [0.1, 0.15) is 228 Å². The zero-order valence-electron chi connectivity index (χ0n) is 36.4. The summed E-state index contributed by atoms with van der Waals surface area (Å²) < 4.78 is 25.5. The van der Waals surface area contributed by atoms with E-state index < -0.39 is 11.6 Å². The molecule has 56 heavy (non-hydrogen) atoms. The number of hydrogen-bond acceptors (Lipinski definition) is 6. The van der Waals surface area contributed by atoms with Gasteiger partial charge in [0.15, 0.2) is 23.0 Å². The van der Waals surface area contributed by atoms with Crippen molar-refractivity contribution in [2.75, 3.05) is 26.4 Å². The molecule has 2 aromatic carbocycles. The van der Waals surface area contributed by atoms with Crippen LogP contribution in [0.2, 0.25) is 0 Å². The number of fused-ring (bicyclic) bond motifs is 3. The number of unbranched alkanes of at least 4 members (excludes halogenated alkanes) is 24. The highest BCUT2D eigenvalue weighted by Gasteiger charge is 2.34. The van der Waals surface area contributed by atoms with Crippen LogP contribution in [-0.4, -0.2) is 38.0 Å². The minimum Gasteiger partial charge on any atom is -0.490 e. The minimum atomic E-state index is -0.513. The van der Waals surface area contributed by atoms with Crippen LogP contribution in [0.4, 0.5) is 0 Å². The van der Waals surface area contributed by atoms with E-state index in [1.807, 2.05) is 12.1 Å². The first-order chi connectivity index (χ1) is 27.5. The monoisotopic (exact) mass is 777 g/mol. The molecule has 0 aliphatic heterocycles. The molecule has 0 atom stereocenters. The van der Waals surface area contributed by atoms with E-state index in [9.17, 15) is 9.59 Å². The summed E-state index contributed by atoms with van der Waals surface area (Å²) in [6.07, 6.45) is 33.5. The Bertz CT molecular complexity index is 1370. The van der Waals surface area contributed by atoms with Crippen LogP contribution < -0.4 is 18.9 Å². The van der Waals surface area contributed by atoms with Crippen LogP contribution in [0.15, 0.2) is 24.3 Å². The second-order valence-corrected chi connectivity index (χ2v) is 16.2. The summed E-state index contributed by atoms with van der Waals surface area (Å²) in [5, 5.41) is 0. The summed E-state index contributed by atoms with van der Waals surface area (Å²) >= 11 is 0. The molecule has 0 unspecified atom stereocenters. The van der Waals surface area contributed by atoms with Crippen LogP contribution >= 0.6 is 0 Å². The molecule has 6 nitrogen and oxygen atoms in total. The maximum Gasteiger partial charge on any atom is 0.234 e. The molecule has 0 saturated heterocycles. The summed E-state index contributed by atoms with van der Waals surface area (Å²) in [5.74, 6) is 1.34. The van der Waals surface area contributed by atoms with Crippen LogP contribution in [-0.2, 0) is 0 Å². The lowest BCUT2D eigenvalue weighted by Crippen LogP contribution is -2.22. The minimum absolute atomic E-state index is 0.369. The zero-order valence-corrected chi connectivity index (χ0v) is 36.4. The van der Waals surface area contributed by atoms with Gasteiger partial charge in [0.1, 0.15) is 0 Å². The van der Waals surface area contributed by atoms with Crippen LogP contribution in [0.3, 0.4) is 0 Å². The Labute approximate surface area is 342 Å². The highest BCUT2D eigenvalue weighted by Crippen LogP contribution is 2.45.